The number of nitrogens with zero attached hydrogens (tertiary/aromatic N) is 1. The van der Waals surface area contributed by atoms with E-state index >= 15 is 0 Å². The highest BCUT2D eigenvalue weighted by Gasteiger charge is 2.23. The molecule has 0 aliphatic heterocycles. The van der Waals surface area contributed by atoms with Gasteiger partial charge in [-0.2, -0.15) is 0 Å². The number of halogens is 1. The van der Waals surface area contributed by atoms with E-state index in [1.165, 1.54) is 18.3 Å². The second-order valence-electron chi connectivity index (χ2n) is 4.26. The minimum Gasteiger partial charge on any atom is -0.292 e. The molecule has 0 radical (unpaired) electrons. The number of hydrogen-bond donors (Lipinski definition) is 0. The van der Waals surface area contributed by atoms with Gasteiger partial charge in [-0.05, 0) is 30.2 Å². The zero-order valence-corrected chi connectivity index (χ0v) is 13.3. The average Bonchev–Trinajstić information content (AvgIpc) is 2.92. The van der Waals surface area contributed by atoms with Crippen molar-refractivity contribution in [1.29, 1.82) is 0 Å². The quantitative estimate of drug-likeness (QED) is 0.612. The summed E-state index contributed by atoms with van der Waals surface area (Å²) in [5.74, 6) is -0.260. The molecule has 0 bridgehead atoms. The Kier molecular flexibility index (Phi) is 4.45. The molecule has 106 valence electrons. The van der Waals surface area contributed by atoms with Crippen LogP contribution in [0.25, 0.3) is 0 Å². The second kappa shape index (κ2) is 5.93. The fourth-order valence-corrected chi connectivity index (χ4v) is 3.57. The van der Waals surface area contributed by atoms with Crippen molar-refractivity contribution in [2.75, 3.05) is 5.33 Å². The lowest BCUT2D eigenvalue weighted by atomic mass is 10.2. The van der Waals surface area contributed by atoms with Crippen LogP contribution < -0.4 is 0 Å². The van der Waals surface area contributed by atoms with Gasteiger partial charge < -0.3 is 0 Å². The van der Waals surface area contributed by atoms with Crippen LogP contribution in [0.4, 0.5) is 0 Å². The number of aromatic nitrogens is 1. The standard InChI is InChI=1S/C14H14BrNO3S/c1-2-11-8-13(14(17)9-15)16(10-11)20(18,19)12-6-4-3-5-7-12/h3-8,10H,2,9H2,1H3. The Labute approximate surface area is 126 Å². The van der Waals surface area contributed by atoms with Crippen molar-refractivity contribution in [3.05, 3.63) is 53.9 Å². The van der Waals surface area contributed by atoms with Crippen molar-refractivity contribution in [3.63, 3.8) is 0 Å². The summed E-state index contributed by atoms with van der Waals surface area (Å²) < 4.78 is 26.3. The van der Waals surface area contributed by atoms with Crippen LogP contribution in [0.5, 0.6) is 0 Å². The minimum atomic E-state index is -3.74. The predicted molar refractivity (Wildman–Crippen MR) is 81.0 cm³/mol. The summed E-state index contributed by atoms with van der Waals surface area (Å²) in [5, 5.41) is 0.0878. The van der Waals surface area contributed by atoms with Crippen LogP contribution in [-0.2, 0) is 16.4 Å². The lowest BCUT2D eigenvalue weighted by Gasteiger charge is -2.08. The smallest absolute Gasteiger partial charge is 0.268 e. The van der Waals surface area contributed by atoms with Crippen LogP contribution in [0, 0.1) is 0 Å². The van der Waals surface area contributed by atoms with E-state index < -0.39 is 10.0 Å². The second-order valence-corrected chi connectivity index (χ2v) is 6.63. The number of ketones is 1. The number of carbonyl (C=O) groups excluding carboxylic acids is 1. The summed E-state index contributed by atoms with van der Waals surface area (Å²) in [7, 11) is -3.74. The molecule has 0 unspecified atom stereocenters. The summed E-state index contributed by atoms with van der Waals surface area (Å²) in [4.78, 5) is 12.1. The van der Waals surface area contributed by atoms with Crippen LogP contribution >= 0.6 is 15.9 Å². The van der Waals surface area contributed by atoms with Crippen molar-refractivity contribution in [1.82, 2.24) is 3.97 Å². The lowest BCUT2D eigenvalue weighted by Crippen LogP contribution is -2.18. The van der Waals surface area contributed by atoms with E-state index in [0.29, 0.717) is 6.42 Å². The molecule has 0 N–H and O–H groups in total. The van der Waals surface area contributed by atoms with Gasteiger partial charge in [0.05, 0.1) is 10.2 Å². The molecule has 4 nitrogen and oxygen atoms in total. The van der Waals surface area contributed by atoms with Gasteiger partial charge in [-0.15, -0.1) is 0 Å². The maximum absolute atomic E-state index is 12.6. The number of alkyl halides is 1. The molecule has 0 fully saturated rings. The molecule has 0 atom stereocenters. The highest BCUT2D eigenvalue weighted by molar-refractivity contribution is 9.09. The summed E-state index contributed by atoms with van der Waals surface area (Å²) >= 11 is 3.08. The van der Waals surface area contributed by atoms with Gasteiger partial charge in [0.2, 0.25) is 0 Å². The predicted octanol–water partition coefficient (Wildman–Crippen LogP) is 2.87. The van der Waals surface area contributed by atoms with Gasteiger partial charge in [-0.1, -0.05) is 41.1 Å². The SMILES string of the molecule is CCc1cc(C(=O)CBr)n(S(=O)(=O)c2ccccc2)c1. The fraction of sp³-hybridized carbons (Fsp3) is 0.214. The van der Waals surface area contributed by atoms with E-state index in [9.17, 15) is 13.2 Å². The van der Waals surface area contributed by atoms with Crippen LogP contribution in [0.1, 0.15) is 23.0 Å². The van der Waals surface area contributed by atoms with E-state index in [2.05, 4.69) is 15.9 Å². The highest BCUT2D eigenvalue weighted by atomic mass is 79.9. The van der Waals surface area contributed by atoms with Crippen LogP contribution in [-0.4, -0.2) is 23.5 Å². The molecule has 20 heavy (non-hydrogen) atoms. The van der Waals surface area contributed by atoms with Crippen LogP contribution in [0.2, 0.25) is 0 Å². The molecule has 1 aromatic heterocycles. The van der Waals surface area contributed by atoms with Gasteiger partial charge in [0.25, 0.3) is 10.0 Å². The van der Waals surface area contributed by atoms with Crippen molar-refractivity contribution in [2.45, 2.75) is 18.2 Å². The van der Waals surface area contributed by atoms with Crippen LogP contribution in [0.15, 0.2) is 47.5 Å². The molecule has 0 saturated heterocycles. The topological polar surface area (TPSA) is 56.1 Å². The Balaban J connectivity index is 2.63. The normalized spacial score (nSPS) is 11.5. The van der Waals surface area contributed by atoms with Gasteiger partial charge >= 0.3 is 0 Å². The Hall–Kier alpha value is -1.40. The molecule has 6 heteroatoms. The van der Waals surface area contributed by atoms with Crippen molar-refractivity contribution < 1.29 is 13.2 Å². The first-order valence-electron chi connectivity index (χ1n) is 6.11. The zero-order chi connectivity index (χ0) is 14.8. The average molecular weight is 356 g/mol. The Bertz CT molecular complexity index is 720. The van der Waals surface area contributed by atoms with E-state index in [-0.39, 0.29) is 21.7 Å². The Morgan fingerprint density at radius 2 is 1.90 bits per heavy atom. The van der Waals surface area contributed by atoms with E-state index in [4.69, 9.17) is 0 Å². The van der Waals surface area contributed by atoms with Crippen molar-refractivity contribution >= 4 is 31.7 Å². The highest BCUT2D eigenvalue weighted by Crippen LogP contribution is 2.20. The summed E-state index contributed by atoms with van der Waals surface area (Å²) in [6.45, 7) is 1.91. The number of carbonyl (C=O) groups is 1. The molecule has 0 saturated carbocycles. The molecule has 0 spiro atoms. The number of hydrogen-bond acceptors (Lipinski definition) is 3. The number of benzene rings is 1. The molecule has 2 aromatic rings. The molecule has 2 rings (SSSR count). The number of aryl methyl sites for hydroxylation is 1. The van der Waals surface area contributed by atoms with E-state index in [0.717, 1.165) is 9.54 Å². The zero-order valence-electron chi connectivity index (χ0n) is 10.9. The molecular formula is C14H14BrNO3S. The third-order valence-corrected chi connectivity index (χ3v) is 5.16. The lowest BCUT2D eigenvalue weighted by molar-refractivity contribution is 0.101. The van der Waals surface area contributed by atoms with Gasteiger partial charge in [0, 0.05) is 6.20 Å². The molecule has 1 aromatic carbocycles. The third kappa shape index (κ3) is 2.71. The monoisotopic (exact) mass is 355 g/mol. The van der Waals surface area contributed by atoms with E-state index in [1.807, 2.05) is 6.92 Å². The van der Waals surface area contributed by atoms with Gasteiger partial charge in [0.15, 0.2) is 5.78 Å². The number of Topliss-reactive ketones (excluding diaryl/α,β-unsaturated/α-hetero) is 1. The molecule has 0 aliphatic rings. The fourth-order valence-electron chi connectivity index (χ4n) is 1.87. The first kappa shape index (κ1) is 15.0. The first-order valence-corrected chi connectivity index (χ1v) is 8.68. The van der Waals surface area contributed by atoms with Gasteiger partial charge in [0.1, 0.15) is 5.69 Å². The molecular weight excluding hydrogens is 342 g/mol. The van der Waals surface area contributed by atoms with Gasteiger partial charge in [-0.25, -0.2) is 12.4 Å². The summed E-state index contributed by atoms with van der Waals surface area (Å²) in [6.07, 6.45) is 2.18. The maximum atomic E-state index is 12.6. The largest absolute Gasteiger partial charge is 0.292 e. The van der Waals surface area contributed by atoms with Crippen molar-refractivity contribution in [2.24, 2.45) is 0 Å². The maximum Gasteiger partial charge on any atom is 0.268 e. The first-order chi connectivity index (χ1) is 9.50. The number of rotatable bonds is 5. The summed E-state index contributed by atoms with van der Waals surface area (Å²) in [6, 6.07) is 9.72. The Morgan fingerprint density at radius 3 is 2.45 bits per heavy atom. The van der Waals surface area contributed by atoms with Gasteiger partial charge in [-0.3, -0.25) is 4.79 Å². The molecule has 0 aliphatic carbocycles. The van der Waals surface area contributed by atoms with Crippen LogP contribution in [0.3, 0.4) is 0 Å². The minimum absolute atomic E-state index is 0.0878. The summed E-state index contributed by atoms with van der Waals surface area (Å²) in [5.41, 5.74) is 0.997. The molecule has 0 amide bonds. The van der Waals surface area contributed by atoms with E-state index in [1.54, 1.807) is 24.3 Å². The molecule has 1 heterocycles. The van der Waals surface area contributed by atoms with Crippen molar-refractivity contribution in [3.8, 4) is 0 Å². The Morgan fingerprint density at radius 1 is 1.25 bits per heavy atom. The third-order valence-electron chi connectivity index (χ3n) is 2.96.